The number of aryl methyl sites for hydroxylation is 4. The molecule has 0 fully saturated rings. The minimum Gasteiger partial charge on any atom is -0.349 e. The molecule has 2 nitrogen and oxygen atoms in total. The normalized spacial score (nSPS) is 12.0. The summed E-state index contributed by atoms with van der Waals surface area (Å²) >= 11 is 0. The first-order valence-corrected chi connectivity index (χ1v) is 8.41. The van der Waals surface area contributed by atoms with Crippen molar-refractivity contribution in [1.82, 2.24) is 5.32 Å². The van der Waals surface area contributed by atoms with Crippen molar-refractivity contribution in [3.8, 4) is 0 Å². The van der Waals surface area contributed by atoms with Crippen LogP contribution in [0.2, 0.25) is 0 Å². The molecular formula is C21H27NO. The van der Waals surface area contributed by atoms with Gasteiger partial charge in [-0.25, -0.2) is 0 Å². The van der Waals surface area contributed by atoms with Crippen LogP contribution in [0.3, 0.4) is 0 Å². The Kier molecular flexibility index (Phi) is 5.97. The zero-order chi connectivity index (χ0) is 16.8. The van der Waals surface area contributed by atoms with Crippen LogP contribution in [-0.4, -0.2) is 5.91 Å². The summed E-state index contributed by atoms with van der Waals surface area (Å²) in [5.74, 6) is 0.123. The Hall–Kier alpha value is -2.09. The van der Waals surface area contributed by atoms with E-state index in [2.05, 4.69) is 75.5 Å². The molecule has 0 aliphatic carbocycles. The molecule has 0 bridgehead atoms. The van der Waals surface area contributed by atoms with Crippen molar-refractivity contribution in [2.75, 3.05) is 0 Å². The van der Waals surface area contributed by atoms with Gasteiger partial charge in [-0.1, -0.05) is 60.5 Å². The number of nitrogens with one attached hydrogen (secondary N) is 1. The minimum atomic E-state index is 0.0983. The van der Waals surface area contributed by atoms with Crippen LogP contribution in [0.5, 0.6) is 0 Å². The molecule has 1 atom stereocenters. The molecule has 0 spiro atoms. The van der Waals surface area contributed by atoms with E-state index in [1.807, 2.05) is 0 Å². The molecule has 2 aromatic carbocycles. The lowest BCUT2D eigenvalue weighted by Gasteiger charge is -2.20. The Balaban J connectivity index is 1.95. The molecule has 1 N–H and O–H groups in total. The van der Waals surface area contributed by atoms with Gasteiger partial charge in [0.25, 0.3) is 0 Å². The Morgan fingerprint density at radius 1 is 1.00 bits per heavy atom. The summed E-state index contributed by atoms with van der Waals surface area (Å²) in [7, 11) is 0. The summed E-state index contributed by atoms with van der Waals surface area (Å²) in [5, 5.41) is 3.19. The molecule has 0 radical (unpaired) electrons. The van der Waals surface area contributed by atoms with Gasteiger partial charge >= 0.3 is 0 Å². The maximum atomic E-state index is 12.3. The van der Waals surface area contributed by atoms with Crippen LogP contribution in [0.15, 0.2) is 42.5 Å². The van der Waals surface area contributed by atoms with E-state index in [0.717, 1.165) is 12.8 Å². The van der Waals surface area contributed by atoms with Gasteiger partial charge in [0.15, 0.2) is 0 Å². The first-order valence-electron chi connectivity index (χ1n) is 8.41. The molecule has 0 saturated carbocycles. The van der Waals surface area contributed by atoms with Crippen molar-refractivity contribution in [2.24, 2.45) is 0 Å². The molecule has 0 unspecified atom stereocenters. The van der Waals surface area contributed by atoms with Crippen LogP contribution < -0.4 is 5.32 Å². The first kappa shape index (κ1) is 17.3. The second-order valence-electron chi connectivity index (χ2n) is 6.37. The van der Waals surface area contributed by atoms with Gasteiger partial charge in [0.2, 0.25) is 5.91 Å². The summed E-state index contributed by atoms with van der Waals surface area (Å²) in [6.45, 7) is 8.40. The molecule has 0 heterocycles. The molecule has 0 aliphatic rings. The summed E-state index contributed by atoms with van der Waals surface area (Å²) < 4.78 is 0. The zero-order valence-electron chi connectivity index (χ0n) is 14.6. The Morgan fingerprint density at radius 2 is 1.65 bits per heavy atom. The first-order chi connectivity index (χ1) is 11.0. The predicted octanol–water partition coefficient (Wildman–Crippen LogP) is 4.81. The monoisotopic (exact) mass is 309 g/mol. The van der Waals surface area contributed by atoms with Crippen molar-refractivity contribution in [2.45, 2.75) is 53.0 Å². The van der Waals surface area contributed by atoms with Crippen molar-refractivity contribution in [3.63, 3.8) is 0 Å². The van der Waals surface area contributed by atoms with Crippen molar-refractivity contribution < 1.29 is 4.79 Å². The molecule has 2 heteroatoms. The van der Waals surface area contributed by atoms with Gasteiger partial charge < -0.3 is 5.32 Å². The highest BCUT2D eigenvalue weighted by molar-refractivity contribution is 5.76. The van der Waals surface area contributed by atoms with Crippen molar-refractivity contribution >= 4 is 5.91 Å². The molecule has 0 saturated heterocycles. The number of rotatable bonds is 6. The van der Waals surface area contributed by atoms with E-state index in [1.165, 1.54) is 27.8 Å². The fourth-order valence-corrected chi connectivity index (χ4v) is 2.90. The lowest BCUT2D eigenvalue weighted by atomic mass is 9.97. The maximum Gasteiger partial charge on any atom is 0.220 e. The fourth-order valence-electron chi connectivity index (χ4n) is 2.90. The van der Waals surface area contributed by atoms with E-state index < -0.39 is 0 Å². The van der Waals surface area contributed by atoms with E-state index in [0.29, 0.717) is 6.42 Å². The SMILES string of the molecule is CC[C@H](NC(=O)CCc1ccc(C)cc1)c1ccc(C)cc1C. The van der Waals surface area contributed by atoms with Crippen LogP contribution in [-0.2, 0) is 11.2 Å². The van der Waals surface area contributed by atoms with E-state index >= 15 is 0 Å². The number of carbonyl (C=O) groups excluding carboxylic acids is 1. The number of benzene rings is 2. The third-order valence-electron chi connectivity index (χ3n) is 4.31. The summed E-state index contributed by atoms with van der Waals surface area (Å²) in [4.78, 5) is 12.3. The number of amides is 1. The zero-order valence-corrected chi connectivity index (χ0v) is 14.6. The summed E-state index contributed by atoms with van der Waals surface area (Å²) in [5.41, 5.74) is 6.19. The third-order valence-corrected chi connectivity index (χ3v) is 4.31. The van der Waals surface area contributed by atoms with Crippen LogP contribution in [0.25, 0.3) is 0 Å². The molecule has 2 rings (SSSR count). The Bertz CT molecular complexity index is 658. The molecule has 122 valence electrons. The van der Waals surface area contributed by atoms with Crippen molar-refractivity contribution in [3.05, 3.63) is 70.3 Å². The summed E-state index contributed by atoms with van der Waals surface area (Å²) in [6.07, 6.45) is 2.22. The smallest absolute Gasteiger partial charge is 0.220 e. The number of carbonyl (C=O) groups is 1. The quantitative estimate of drug-likeness (QED) is 0.815. The van der Waals surface area contributed by atoms with E-state index in [1.54, 1.807) is 0 Å². The van der Waals surface area contributed by atoms with Crippen LogP contribution in [0.4, 0.5) is 0 Å². The van der Waals surface area contributed by atoms with Crippen LogP contribution in [0.1, 0.15) is 53.6 Å². The largest absolute Gasteiger partial charge is 0.349 e. The topological polar surface area (TPSA) is 29.1 Å². The third kappa shape index (κ3) is 4.95. The van der Waals surface area contributed by atoms with E-state index in [9.17, 15) is 4.79 Å². The highest BCUT2D eigenvalue weighted by Crippen LogP contribution is 2.22. The number of hydrogen-bond acceptors (Lipinski definition) is 1. The van der Waals surface area contributed by atoms with Gasteiger partial charge in [-0.05, 0) is 50.3 Å². The molecule has 0 aliphatic heterocycles. The minimum absolute atomic E-state index is 0.0983. The average molecular weight is 309 g/mol. The lowest BCUT2D eigenvalue weighted by Crippen LogP contribution is -2.28. The second kappa shape index (κ2) is 7.96. The van der Waals surface area contributed by atoms with Crippen LogP contribution >= 0.6 is 0 Å². The highest BCUT2D eigenvalue weighted by Gasteiger charge is 2.14. The standard InChI is InChI=1S/C21H27NO/c1-5-20(19-12-8-16(3)14-17(19)4)22-21(23)13-11-18-9-6-15(2)7-10-18/h6-10,12,14,20H,5,11,13H2,1-4H3,(H,22,23)/t20-/m0/s1. The molecule has 2 aromatic rings. The van der Waals surface area contributed by atoms with Gasteiger partial charge in [0.05, 0.1) is 6.04 Å². The summed E-state index contributed by atoms with van der Waals surface area (Å²) in [6, 6.07) is 14.9. The van der Waals surface area contributed by atoms with Crippen molar-refractivity contribution in [1.29, 1.82) is 0 Å². The van der Waals surface area contributed by atoms with Gasteiger partial charge in [-0.15, -0.1) is 0 Å². The Labute approximate surface area is 139 Å². The van der Waals surface area contributed by atoms with E-state index in [4.69, 9.17) is 0 Å². The van der Waals surface area contributed by atoms with E-state index in [-0.39, 0.29) is 11.9 Å². The van der Waals surface area contributed by atoms with Gasteiger partial charge in [-0.2, -0.15) is 0 Å². The molecule has 1 amide bonds. The van der Waals surface area contributed by atoms with Gasteiger partial charge in [-0.3, -0.25) is 4.79 Å². The average Bonchev–Trinajstić information content (AvgIpc) is 2.52. The van der Waals surface area contributed by atoms with Crippen LogP contribution in [0, 0.1) is 20.8 Å². The second-order valence-corrected chi connectivity index (χ2v) is 6.37. The van der Waals surface area contributed by atoms with Gasteiger partial charge in [0.1, 0.15) is 0 Å². The molecule has 0 aromatic heterocycles. The molecule has 23 heavy (non-hydrogen) atoms. The fraction of sp³-hybridized carbons (Fsp3) is 0.381. The Morgan fingerprint density at radius 3 is 2.26 bits per heavy atom. The lowest BCUT2D eigenvalue weighted by molar-refractivity contribution is -0.121. The van der Waals surface area contributed by atoms with Gasteiger partial charge in [0, 0.05) is 6.42 Å². The number of hydrogen-bond donors (Lipinski definition) is 1. The maximum absolute atomic E-state index is 12.3. The predicted molar refractivity (Wildman–Crippen MR) is 96.6 cm³/mol. The molecular weight excluding hydrogens is 282 g/mol. The highest BCUT2D eigenvalue weighted by atomic mass is 16.1.